The molecular weight excluding hydrogens is 410 g/mol. The molecule has 0 bridgehead atoms. The number of hydrogen-bond donors (Lipinski definition) is 1. The fourth-order valence-corrected chi connectivity index (χ4v) is 3.49. The molecular formula is C25H27NO6. The molecule has 0 heterocycles. The van der Waals surface area contributed by atoms with E-state index in [0.29, 0.717) is 16.8 Å². The van der Waals surface area contributed by atoms with Crippen molar-refractivity contribution in [2.45, 2.75) is 52.1 Å². The number of carbonyl (C=O) groups excluding carboxylic acids is 4. The molecule has 0 saturated carbocycles. The van der Waals surface area contributed by atoms with E-state index in [1.54, 1.807) is 32.0 Å². The monoisotopic (exact) mass is 437 g/mol. The minimum Gasteiger partial charge on any atom is -0.459 e. The SMILES string of the molecule is CC(C)OC(=O)c1ccc(NC(=O)COC(=O)CCC(=O)c2ccc3c(c2)CCC3)cc1. The van der Waals surface area contributed by atoms with Gasteiger partial charge in [0.15, 0.2) is 12.4 Å². The van der Waals surface area contributed by atoms with Crippen LogP contribution in [0.4, 0.5) is 5.69 Å². The van der Waals surface area contributed by atoms with Crippen LogP contribution in [0, 0.1) is 0 Å². The van der Waals surface area contributed by atoms with Crippen LogP contribution in [0.25, 0.3) is 0 Å². The number of aryl methyl sites for hydroxylation is 2. The molecule has 0 spiro atoms. The molecule has 168 valence electrons. The van der Waals surface area contributed by atoms with E-state index in [1.165, 1.54) is 23.3 Å². The maximum absolute atomic E-state index is 12.3. The number of ketones is 1. The minimum absolute atomic E-state index is 0.0349. The highest BCUT2D eigenvalue weighted by Gasteiger charge is 2.16. The molecule has 32 heavy (non-hydrogen) atoms. The third-order valence-electron chi connectivity index (χ3n) is 5.09. The van der Waals surface area contributed by atoms with Crippen LogP contribution in [0.2, 0.25) is 0 Å². The summed E-state index contributed by atoms with van der Waals surface area (Å²) in [5, 5.41) is 2.58. The first-order valence-corrected chi connectivity index (χ1v) is 10.7. The number of benzene rings is 2. The molecule has 0 radical (unpaired) electrons. The van der Waals surface area contributed by atoms with Gasteiger partial charge in [0.25, 0.3) is 5.91 Å². The maximum Gasteiger partial charge on any atom is 0.338 e. The van der Waals surface area contributed by atoms with Gasteiger partial charge >= 0.3 is 11.9 Å². The van der Waals surface area contributed by atoms with Gasteiger partial charge in [-0.1, -0.05) is 12.1 Å². The molecule has 2 aromatic carbocycles. The van der Waals surface area contributed by atoms with Crippen molar-refractivity contribution in [1.82, 2.24) is 0 Å². The summed E-state index contributed by atoms with van der Waals surface area (Å²) in [6.45, 7) is 3.07. The topological polar surface area (TPSA) is 98.8 Å². The number of rotatable bonds is 9. The number of amides is 1. The average Bonchev–Trinajstić information content (AvgIpc) is 3.24. The second kappa shape index (κ2) is 10.7. The van der Waals surface area contributed by atoms with E-state index in [4.69, 9.17) is 9.47 Å². The molecule has 2 aromatic rings. The number of carbonyl (C=O) groups is 4. The molecule has 3 rings (SSSR count). The van der Waals surface area contributed by atoms with Crippen LogP contribution >= 0.6 is 0 Å². The fourth-order valence-electron chi connectivity index (χ4n) is 3.49. The van der Waals surface area contributed by atoms with E-state index in [9.17, 15) is 19.2 Å². The number of hydrogen-bond acceptors (Lipinski definition) is 6. The smallest absolute Gasteiger partial charge is 0.338 e. The lowest BCUT2D eigenvalue weighted by atomic mass is 10.0. The molecule has 0 atom stereocenters. The van der Waals surface area contributed by atoms with Crippen molar-refractivity contribution < 1.29 is 28.7 Å². The van der Waals surface area contributed by atoms with E-state index >= 15 is 0 Å². The van der Waals surface area contributed by atoms with Crippen molar-refractivity contribution in [3.63, 3.8) is 0 Å². The molecule has 0 aliphatic heterocycles. The molecule has 0 fully saturated rings. The second-order valence-corrected chi connectivity index (χ2v) is 8.00. The predicted octanol–water partition coefficient (Wildman–Crippen LogP) is 3.89. The highest BCUT2D eigenvalue weighted by molar-refractivity contribution is 5.98. The Kier molecular flexibility index (Phi) is 7.76. The van der Waals surface area contributed by atoms with E-state index < -0.39 is 24.5 Å². The van der Waals surface area contributed by atoms with Crippen LogP contribution in [-0.2, 0) is 31.9 Å². The van der Waals surface area contributed by atoms with Crippen molar-refractivity contribution in [2.24, 2.45) is 0 Å². The van der Waals surface area contributed by atoms with Gasteiger partial charge in [0.1, 0.15) is 0 Å². The summed E-state index contributed by atoms with van der Waals surface area (Å²) in [6.07, 6.45) is 2.87. The summed E-state index contributed by atoms with van der Waals surface area (Å²) in [5.74, 6) is -1.68. The van der Waals surface area contributed by atoms with E-state index in [1.807, 2.05) is 12.1 Å². The number of fused-ring (bicyclic) bond motifs is 1. The molecule has 7 nitrogen and oxygen atoms in total. The van der Waals surface area contributed by atoms with E-state index in [2.05, 4.69) is 5.32 Å². The maximum atomic E-state index is 12.3. The first kappa shape index (κ1) is 23.2. The Hall–Kier alpha value is -3.48. The number of esters is 2. The van der Waals surface area contributed by atoms with E-state index in [0.717, 1.165) is 19.3 Å². The number of anilines is 1. The van der Waals surface area contributed by atoms with Gasteiger partial charge in [-0.15, -0.1) is 0 Å². The normalized spacial score (nSPS) is 12.2. The molecule has 1 N–H and O–H groups in total. The molecule has 0 unspecified atom stereocenters. The molecule has 1 aliphatic carbocycles. The van der Waals surface area contributed by atoms with Gasteiger partial charge in [-0.25, -0.2) is 4.79 Å². The Bertz CT molecular complexity index is 1010. The average molecular weight is 437 g/mol. The first-order valence-electron chi connectivity index (χ1n) is 10.7. The first-order chi connectivity index (χ1) is 15.3. The fraction of sp³-hybridized carbons (Fsp3) is 0.360. The van der Waals surface area contributed by atoms with Crippen molar-refractivity contribution in [1.29, 1.82) is 0 Å². The minimum atomic E-state index is -0.610. The summed E-state index contributed by atoms with van der Waals surface area (Å²) in [7, 11) is 0. The Morgan fingerprint density at radius 3 is 2.31 bits per heavy atom. The number of ether oxygens (including phenoxy) is 2. The summed E-state index contributed by atoms with van der Waals surface area (Å²) in [6, 6.07) is 11.9. The lowest BCUT2D eigenvalue weighted by Gasteiger charge is -2.09. The standard InChI is InChI=1S/C25H27NO6/c1-16(2)32-25(30)18-8-10-21(11-9-18)26-23(28)15-31-24(29)13-12-22(27)20-7-6-17-4-3-5-19(17)14-20/h6-11,14,16H,3-5,12-13,15H2,1-2H3,(H,26,28). The van der Waals surface area contributed by atoms with Gasteiger partial charge in [-0.3, -0.25) is 14.4 Å². The Morgan fingerprint density at radius 1 is 0.906 bits per heavy atom. The van der Waals surface area contributed by atoms with Crippen LogP contribution in [0.3, 0.4) is 0 Å². The summed E-state index contributed by atoms with van der Waals surface area (Å²) in [5.41, 5.74) is 3.93. The number of nitrogens with one attached hydrogen (secondary N) is 1. The Morgan fingerprint density at radius 2 is 1.59 bits per heavy atom. The van der Waals surface area contributed by atoms with Gasteiger partial charge < -0.3 is 14.8 Å². The third kappa shape index (κ3) is 6.51. The third-order valence-corrected chi connectivity index (χ3v) is 5.09. The van der Waals surface area contributed by atoms with Crippen molar-refractivity contribution in [3.05, 3.63) is 64.7 Å². The molecule has 1 aliphatic rings. The van der Waals surface area contributed by atoms with Gasteiger partial charge in [-0.05, 0) is 74.6 Å². The van der Waals surface area contributed by atoms with Gasteiger partial charge in [-0.2, -0.15) is 0 Å². The summed E-state index contributed by atoms with van der Waals surface area (Å²) in [4.78, 5) is 48.1. The van der Waals surface area contributed by atoms with Crippen molar-refractivity contribution in [3.8, 4) is 0 Å². The largest absolute Gasteiger partial charge is 0.459 e. The highest BCUT2D eigenvalue weighted by Crippen LogP contribution is 2.23. The summed E-state index contributed by atoms with van der Waals surface area (Å²) >= 11 is 0. The van der Waals surface area contributed by atoms with Crippen LogP contribution in [0.5, 0.6) is 0 Å². The summed E-state index contributed by atoms with van der Waals surface area (Å²) < 4.78 is 10.1. The predicted molar refractivity (Wildman–Crippen MR) is 119 cm³/mol. The zero-order valence-electron chi connectivity index (χ0n) is 18.3. The van der Waals surface area contributed by atoms with Crippen molar-refractivity contribution in [2.75, 3.05) is 11.9 Å². The quantitative estimate of drug-likeness (QED) is 0.472. The zero-order valence-corrected chi connectivity index (χ0v) is 18.3. The molecule has 0 aromatic heterocycles. The van der Waals surface area contributed by atoms with E-state index in [-0.39, 0.29) is 24.7 Å². The Balaban J connectivity index is 1.39. The number of Topliss-reactive ketones (excluding diaryl/α,β-unsaturated/α-hetero) is 1. The molecule has 7 heteroatoms. The molecule has 0 saturated heterocycles. The lowest BCUT2D eigenvalue weighted by Crippen LogP contribution is -2.21. The van der Waals surface area contributed by atoms with Gasteiger partial charge in [0.2, 0.25) is 0 Å². The van der Waals surface area contributed by atoms with Crippen LogP contribution in [0.1, 0.15) is 65.0 Å². The Labute approximate surface area is 187 Å². The van der Waals surface area contributed by atoms with Crippen LogP contribution in [0.15, 0.2) is 42.5 Å². The van der Waals surface area contributed by atoms with Gasteiger partial charge in [0, 0.05) is 17.7 Å². The highest BCUT2D eigenvalue weighted by atomic mass is 16.5. The second-order valence-electron chi connectivity index (χ2n) is 8.00. The molecule has 1 amide bonds. The van der Waals surface area contributed by atoms with Gasteiger partial charge in [0.05, 0.1) is 18.1 Å². The zero-order chi connectivity index (χ0) is 23.1. The van der Waals surface area contributed by atoms with Crippen LogP contribution in [-0.4, -0.2) is 36.3 Å². The lowest BCUT2D eigenvalue weighted by molar-refractivity contribution is -0.147. The van der Waals surface area contributed by atoms with Crippen molar-refractivity contribution >= 4 is 29.3 Å². The van der Waals surface area contributed by atoms with Crippen LogP contribution < -0.4 is 5.32 Å².